The molecule has 1 amide bonds. The SMILES string of the molecule is COC(=O)c1cccc(S(=O)(=O)N2CCC(C(=O)N3CCC(C)CC3)CC2)c1. The van der Waals surface area contributed by atoms with Crippen molar-refractivity contribution in [1.82, 2.24) is 9.21 Å². The Morgan fingerprint density at radius 1 is 1.04 bits per heavy atom. The van der Waals surface area contributed by atoms with Gasteiger partial charge in [0.05, 0.1) is 17.6 Å². The number of nitrogens with zero attached hydrogens (tertiary/aromatic N) is 2. The highest BCUT2D eigenvalue weighted by atomic mass is 32.2. The fourth-order valence-corrected chi connectivity index (χ4v) is 5.40. The molecule has 28 heavy (non-hydrogen) atoms. The monoisotopic (exact) mass is 408 g/mol. The van der Waals surface area contributed by atoms with Gasteiger partial charge in [-0.05, 0) is 49.8 Å². The first-order valence-electron chi connectivity index (χ1n) is 9.80. The van der Waals surface area contributed by atoms with Crippen molar-refractivity contribution in [3.63, 3.8) is 0 Å². The molecule has 0 saturated carbocycles. The van der Waals surface area contributed by atoms with Gasteiger partial charge in [0.1, 0.15) is 0 Å². The van der Waals surface area contributed by atoms with Gasteiger partial charge in [0, 0.05) is 32.1 Å². The van der Waals surface area contributed by atoms with E-state index in [1.54, 1.807) is 0 Å². The minimum Gasteiger partial charge on any atom is -0.465 e. The molecule has 1 aromatic carbocycles. The first-order valence-corrected chi connectivity index (χ1v) is 11.2. The Balaban J connectivity index is 1.64. The van der Waals surface area contributed by atoms with E-state index in [4.69, 9.17) is 0 Å². The van der Waals surface area contributed by atoms with E-state index in [-0.39, 0.29) is 22.3 Å². The maximum absolute atomic E-state index is 12.9. The van der Waals surface area contributed by atoms with Gasteiger partial charge in [-0.15, -0.1) is 0 Å². The number of benzene rings is 1. The van der Waals surface area contributed by atoms with Gasteiger partial charge < -0.3 is 9.64 Å². The maximum atomic E-state index is 12.9. The first kappa shape index (κ1) is 20.8. The number of amides is 1. The molecule has 7 nitrogen and oxygen atoms in total. The van der Waals surface area contributed by atoms with E-state index in [0.29, 0.717) is 31.8 Å². The maximum Gasteiger partial charge on any atom is 0.337 e. The van der Waals surface area contributed by atoms with Crippen molar-refractivity contribution in [3.8, 4) is 0 Å². The van der Waals surface area contributed by atoms with E-state index in [0.717, 1.165) is 25.9 Å². The molecule has 0 unspecified atom stereocenters. The largest absolute Gasteiger partial charge is 0.465 e. The lowest BCUT2D eigenvalue weighted by Gasteiger charge is -2.36. The quantitative estimate of drug-likeness (QED) is 0.713. The lowest BCUT2D eigenvalue weighted by atomic mass is 9.93. The second-order valence-electron chi connectivity index (χ2n) is 7.71. The summed E-state index contributed by atoms with van der Waals surface area (Å²) in [6.07, 6.45) is 3.13. The van der Waals surface area contributed by atoms with Crippen LogP contribution >= 0.6 is 0 Å². The molecule has 0 aliphatic carbocycles. The molecule has 3 rings (SSSR count). The van der Waals surface area contributed by atoms with Gasteiger partial charge in [-0.1, -0.05) is 13.0 Å². The predicted molar refractivity (Wildman–Crippen MR) is 104 cm³/mol. The van der Waals surface area contributed by atoms with Crippen molar-refractivity contribution in [2.45, 2.75) is 37.5 Å². The van der Waals surface area contributed by atoms with Crippen LogP contribution in [0.1, 0.15) is 43.0 Å². The smallest absolute Gasteiger partial charge is 0.337 e. The highest BCUT2D eigenvalue weighted by molar-refractivity contribution is 7.89. The summed E-state index contributed by atoms with van der Waals surface area (Å²) in [5.74, 6) is 0.145. The average Bonchev–Trinajstić information content (AvgIpc) is 2.73. The number of esters is 1. The van der Waals surface area contributed by atoms with Gasteiger partial charge >= 0.3 is 5.97 Å². The Morgan fingerprint density at radius 2 is 1.68 bits per heavy atom. The van der Waals surface area contributed by atoms with Crippen molar-refractivity contribution in [2.75, 3.05) is 33.3 Å². The lowest BCUT2D eigenvalue weighted by Crippen LogP contribution is -2.46. The highest BCUT2D eigenvalue weighted by Gasteiger charge is 2.34. The van der Waals surface area contributed by atoms with Crippen LogP contribution in [0, 0.1) is 11.8 Å². The summed E-state index contributed by atoms with van der Waals surface area (Å²) < 4.78 is 32.0. The van der Waals surface area contributed by atoms with Gasteiger partial charge in [0.15, 0.2) is 0 Å². The molecule has 2 aliphatic heterocycles. The number of likely N-dealkylation sites (tertiary alicyclic amines) is 1. The number of carbonyl (C=O) groups is 2. The van der Waals surface area contributed by atoms with Crippen LogP contribution in [0.4, 0.5) is 0 Å². The lowest BCUT2D eigenvalue weighted by molar-refractivity contribution is -0.138. The molecule has 8 heteroatoms. The zero-order valence-electron chi connectivity index (χ0n) is 16.5. The summed E-state index contributed by atoms with van der Waals surface area (Å²) in [6.45, 7) is 4.44. The van der Waals surface area contributed by atoms with E-state index in [9.17, 15) is 18.0 Å². The van der Waals surface area contributed by atoms with E-state index in [2.05, 4.69) is 11.7 Å². The fraction of sp³-hybridized carbons (Fsp3) is 0.600. The number of piperidine rings is 2. The van der Waals surface area contributed by atoms with Crippen molar-refractivity contribution in [1.29, 1.82) is 0 Å². The molecule has 0 bridgehead atoms. The number of methoxy groups -OCH3 is 1. The molecule has 2 heterocycles. The molecule has 1 aromatic rings. The number of rotatable bonds is 4. The summed E-state index contributed by atoms with van der Waals surface area (Å²) >= 11 is 0. The van der Waals surface area contributed by atoms with Crippen molar-refractivity contribution < 1.29 is 22.7 Å². The third-order valence-corrected chi connectivity index (χ3v) is 7.69. The third kappa shape index (κ3) is 4.38. The highest BCUT2D eigenvalue weighted by Crippen LogP contribution is 2.27. The summed E-state index contributed by atoms with van der Waals surface area (Å²) in [4.78, 5) is 26.4. The minimum absolute atomic E-state index is 0.0743. The standard InChI is InChI=1S/C20H28N2O5S/c1-15-6-10-21(11-7-15)19(23)16-8-12-22(13-9-16)28(25,26)18-5-3-4-17(14-18)20(24)27-2/h3-5,14-16H,6-13H2,1-2H3. The fourth-order valence-electron chi connectivity index (χ4n) is 3.88. The summed E-state index contributed by atoms with van der Waals surface area (Å²) in [7, 11) is -2.45. The van der Waals surface area contributed by atoms with Crippen molar-refractivity contribution in [2.24, 2.45) is 11.8 Å². The second kappa shape index (κ2) is 8.61. The number of hydrogen-bond acceptors (Lipinski definition) is 5. The van der Waals surface area contributed by atoms with E-state index in [1.807, 2.05) is 4.90 Å². The Bertz CT molecular complexity index is 823. The number of carbonyl (C=O) groups excluding carboxylic acids is 2. The van der Waals surface area contributed by atoms with Crippen molar-refractivity contribution in [3.05, 3.63) is 29.8 Å². The van der Waals surface area contributed by atoms with Crippen molar-refractivity contribution >= 4 is 21.9 Å². The zero-order valence-corrected chi connectivity index (χ0v) is 17.3. The van der Waals surface area contributed by atoms with E-state index in [1.165, 1.54) is 35.7 Å². The van der Waals surface area contributed by atoms with Crippen LogP contribution in [0.15, 0.2) is 29.2 Å². The zero-order chi connectivity index (χ0) is 20.3. The van der Waals surface area contributed by atoms with Crippen LogP contribution in [0.25, 0.3) is 0 Å². The molecule has 0 atom stereocenters. The number of hydrogen-bond donors (Lipinski definition) is 0. The van der Waals surface area contributed by atoms with Gasteiger partial charge in [0.25, 0.3) is 0 Å². The topological polar surface area (TPSA) is 84.0 Å². The van der Waals surface area contributed by atoms with Gasteiger partial charge in [-0.25, -0.2) is 13.2 Å². The average molecular weight is 409 g/mol. The van der Waals surface area contributed by atoms with Crippen LogP contribution in [0.5, 0.6) is 0 Å². The Kier molecular flexibility index (Phi) is 6.40. The molecule has 0 aromatic heterocycles. The van der Waals surface area contributed by atoms with E-state index >= 15 is 0 Å². The Hall–Kier alpha value is -1.93. The molecule has 2 aliphatic rings. The summed E-state index contributed by atoms with van der Waals surface area (Å²) in [5.41, 5.74) is 0.202. The molecular weight excluding hydrogens is 380 g/mol. The van der Waals surface area contributed by atoms with Gasteiger partial charge in [-0.3, -0.25) is 4.79 Å². The van der Waals surface area contributed by atoms with E-state index < -0.39 is 16.0 Å². The third-order valence-electron chi connectivity index (χ3n) is 5.79. The molecule has 0 spiro atoms. The summed E-state index contributed by atoms with van der Waals surface area (Å²) in [6, 6.07) is 5.88. The van der Waals surface area contributed by atoms with Gasteiger partial charge in [0.2, 0.25) is 15.9 Å². The molecule has 2 saturated heterocycles. The second-order valence-corrected chi connectivity index (χ2v) is 9.64. The number of sulfonamides is 1. The molecule has 0 radical (unpaired) electrons. The summed E-state index contributed by atoms with van der Waals surface area (Å²) in [5, 5.41) is 0. The molecular formula is C20H28N2O5S. The normalized spacial score (nSPS) is 20.1. The molecule has 154 valence electrons. The first-order chi connectivity index (χ1) is 13.3. The number of ether oxygens (including phenoxy) is 1. The Labute approximate surface area is 166 Å². The predicted octanol–water partition coefficient (Wildman–Crippen LogP) is 2.13. The molecule has 2 fully saturated rings. The van der Waals surface area contributed by atoms with Crippen LogP contribution in [-0.4, -0.2) is 62.8 Å². The van der Waals surface area contributed by atoms with Gasteiger partial charge in [-0.2, -0.15) is 4.31 Å². The van der Waals surface area contributed by atoms with Crippen LogP contribution < -0.4 is 0 Å². The van der Waals surface area contributed by atoms with Crippen LogP contribution in [0.3, 0.4) is 0 Å². The van der Waals surface area contributed by atoms with Crippen LogP contribution in [-0.2, 0) is 19.6 Å². The molecule has 0 N–H and O–H groups in total. The Morgan fingerprint density at radius 3 is 2.29 bits per heavy atom. The minimum atomic E-state index is -3.71. The van der Waals surface area contributed by atoms with Crippen LogP contribution in [0.2, 0.25) is 0 Å².